The first-order valence-electron chi connectivity index (χ1n) is 11.6. The zero-order valence-electron chi connectivity index (χ0n) is 20.7. The number of carbonyl (C=O) groups is 2. The van der Waals surface area contributed by atoms with Crippen LogP contribution in [-0.2, 0) is 27.3 Å². The van der Waals surface area contributed by atoms with Gasteiger partial charge >= 0.3 is 24.3 Å². The van der Waals surface area contributed by atoms with Gasteiger partial charge in [-0.25, -0.2) is 24.5 Å². The Labute approximate surface area is 223 Å². The predicted molar refractivity (Wildman–Crippen MR) is 126 cm³/mol. The highest BCUT2D eigenvalue weighted by Gasteiger charge is 2.39. The van der Waals surface area contributed by atoms with Gasteiger partial charge in [0.2, 0.25) is 5.95 Å². The Morgan fingerprint density at radius 3 is 2.10 bits per heavy atom. The van der Waals surface area contributed by atoms with E-state index in [4.69, 9.17) is 24.5 Å². The lowest BCUT2D eigenvalue weighted by Crippen LogP contribution is -2.46. The molecular weight excluding hydrogens is 560 g/mol. The maximum Gasteiger partial charge on any atom is 0.490 e. The van der Waals surface area contributed by atoms with Crippen molar-refractivity contribution in [3.8, 4) is 0 Å². The van der Waals surface area contributed by atoms with Crippen molar-refractivity contribution in [2.45, 2.75) is 44.8 Å². The molecule has 2 fully saturated rings. The van der Waals surface area contributed by atoms with Crippen LogP contribution in [-0.4, -0.2) is 93.2 Å². The number of aromatic nitrogens is 3. The number of aliphatic carboxylic acids is 2. The summed E-state index contributed by atoms with van der Waals surface area (Å²) in [5, 5.41) is 17.5. The lowest BCUT2D eigenvalue weighted by Gasteiger charge is -2.37. The molecule has 10 nitrogen and oxygen atoms in total. The van der Waals surface area contributed by atoms with Crippen LogP contribution >= 0.6 is 11.3 Å². The minimum atomic E-state index is -5.08. The molecule has 2 atom stereocenters. The SMILES string of the molecule is CCc1cnc(N2CCO[C@@H]3CN(Cc4nccs4)CC[C@@H]3C2)nc1.O=C(O)C(F)(F)F.O=C(O)C(F)(F)F. The van der Waals surface area contributed by atoms with Crippen molar-refractivity contribution in [3.05, 3.63) is 34.5 Å². The number of hydrogen-bond donors (Lipinski definition) is 2. The number of carboxylic acid groups (broad SMARTS) is 2. The van der Waals surface area contributed by atoms with Crippen LogP contribution in [0.25, 0.3) is 0 Å². The number of alkyl halides is 6. The van der Waals surface area contributed by atoms with Gasteiger partial charge in [0.05, 0.1) is 19.3 Å². The molecule has 39 heavy (non-hydrogen) atoms. The average molecular weight is 588 g/mol. The molecule has 2 aliphatic rings. The molecule has 0 bridgehead atoms. The van der Waals surface area contributed by atoms with Gasteiger partial charge in [-0.3, -0.25) is 4.90 Å². The Hall–Kier alpha value is -3.05. The van der Waals surface area contributed by atoms with E-state index >= 15 is 0 Å². The third-order valence-electron chi connectivity index (χ3n) is 5.64. The number of hydrogen-bond acceptors (Lipinski definition) is 9. The van der Waals surface area contributed by atoms with Gasteiger partial charge < -0.3 is 19.8 Å². The Kier molecular flexibility index (Phi) is 11.8. The van der Waals surface area contributed by atoms with Crippen molar-refractivity contribution >= 4 is 29.2 Å². The van der Waals surface area contributed by atoms with Gasteiger partial charge in [-0.05, 0) is 24.9 Å². The second-order valence-electron chi connectivity index (χ2n) is 8.42. The summed E-state index contributed by atoms with van der Waals surface area (Å²) in [6.45, 7) is 7.76. The molecule has 4 rings (SSSR count). The fraction of sp³-hybridized carbons (Fsp3) is 0.591. The number of nitrogens with zero attached hydrogens (tertiary/aromatic N) is 5. The van der Waals surface area contributed by atoms with Crippen LogP contribution in [0.5, 0.6) is 0 Å². The summed E-state index contributed by atoms with van der Waals surface area (Å²) < 4.78 is 69.7. The van der Waals surface area contributed by atoms with Crippen LogP contribution in [0.2, 0.25) is 0 Å². The van der Waals surface area contributed by atoms with Gasteiger partial charge in [-0.1, -0.05) is 6.92 Å². The second kappa shape index (κ2) is 14.4. The number of halogens is 6. The number of piperidine rings is 1. The molecule has 2 saturated heterocycles. The van der Waals surface area contributed by atoms with E-state index in [1.807, 2.05) is 24.0 Å². The number of likely N-dealkylation sites (tertiary alicyclic amines) is 1. The number of carboxylic acids is 2. The first kappa shape index (κ1) is 32.2. The summed E-state index contributed by atoms with van der Waals surface area (Å²) in [5.74, 6) is -4.13. The molecule has 0 spiro atoms. The smallest absolute Gasteiger partial charge is 0.475 e. The molecule has 0 aromatic carbocycles. The Morgan fingerprint density at radius 2 is 1.62 bits per heavy atom. The van der Waals surface area contributed by atoms with Crippen molar-refractivity contribution in [2.24, 2.45) is 5.92 Å². The van der Waals surface area contributed by atoms with Gasteiger partial charge in [0.25, 0.3) is 0 Å². The fourth-order valence-electron chi connectivity index (χ4n) is 3.66. The summed E-state index contributed by atoms with van der Waals surface area (Å²) in [4.78, 5) is 36.1. The van der Waals surface area contributed by atoms with E-state index in [0.717, 1.165) is 58.1 Å². The minimum absolute atomic E-state index is 0.300. The van der Waals surface area contributed by atoms with Gasteiger partial charge in [0.1, 0.15) is 5.01 Å². The zero-order valence-corrected chi connectivity index (χ0v) is 21.5. The molecule has 0 radical (unpaired) electrons. The highest BCUT2D eigenvalue weighted by molar-refractivity contribution is 7.09. The van der Waals surface area contributed by atoms with Gasteiger partial charge in [0.15, 0.2) is 0 Å². The molecular formula is C22H27F6N5O5S. The van der Waals surface area contributed by atoms with Crippen molar-refractivity contribution < 1.29 is 50.9 Å². The zero-order chi connectivity index (χ0) is 29.2. The van der Waals surface area contributed by atoms with Crippen LogP contribution < -0.4 is 4.90 Å². The fourth-order valence-corrected chi connectivity index (χ4v) is 4.31. The van der Waals surface area contributed by atoms with Crippen molar-refractivity contribution in [1.82, 2.24) is 19.9 Å². The maximum atomic E-state index is 10.6. The molecule has 2 aromatic rings. The third-order valence-corrected chi connectivity index (χ3v) is 6.40. The standard InChI is InChI=1S/C18H25N5OS.2C2HF3O2/c1-2-14-9-20-18(21-10-14)23-6-7-24-16-12-22(5-3-15(16)11-23)13-17-19-4-8-25-17;2*3-2(4,5)1(6)7/h4,8-10,15-16H,2-3,5-7,11-13H2,1H3;2*(H,6,7)/t15-,16-;;/m1../s1. The van der Waals surface area contributed by atoms with E-state index in [-0.39, 0.29) is 0 Å². The van der Waals surface area contributed by atoms with Crippen LogP contribution in [0, 0.1) is 5.92 Å². The molecule has 2 N–H and O–H groups in total. The summed E-state index contributed by atoms with van der Waals surface area (Å²) in [5.41, 5.74) is 1.18. The van der Waals surface area contributed by atoms with E-state index in [0.29, 0.717) is 12.0 Å². The maximum absolute atomic E-state index is 10.6. The average Bonchev–Trinajstić information content (AvgIpc) is 3.28. The monoisotopic (exact) mass is 587 g/mol. The van der Waals surface area contributed by atoms with Crippen LogP contribution in [0.4, 0.5) is 32.3 Å². The van der Waals surface area contributed by atoms with Crippen LogP contribution in [0.3, 0.4) is 0 Å². The Balaban J connectivity index is 0.000000317. The normalized spacial score (nSPS) is 19.9. The molecule has 2 aromatic heterocycles. The van der Waals surface area contributed by atoms with E-state index in [1.54, 1.807) is 11.3 Å². The molecule has 0 aliphatic carbocycles. The number of aryl methyl sites for hydroxylation is 1. The molecule has 218 valence electrons. The lowest BCUT2D eigenvalue weighted by molar-refractivity contribution is -0.193. The summed E-state index contributed by atoms with van der Waals surface area (Å²) in [6.07, 6.45) is -1.96. The van der Waals surface area contributed by atoms with E-state index in [9.17, 15) is 26.3 Å². The first-order valence-corrected chi connectivity index (χ1v) is 12.5. The van der Waals surface area contributed by atoms with Crippen LogP contribution in [0.1, 0.15) is 23.9 Å². The topological polar surface area (TPSA) is 129 Å². The number of ether oxygens (including phenoxy) is 1. The van der Waals surface area contributed by atoms with Gasteiger partial charge in [-0.15, -0.1) is 11.3 Å². The predicted octanol–water partition coefficient (Wildman–Crippen LogP) is 3.49. The summed E-state index contributed by atoms with van der Waals surface area (Å²) >= 11 is 1.73. The van der Waals surface area contributed by atoms with Crippen LogP contribution in [0.15, 0.2) is 24.0 Å². The van der Waals surface area contributed by atoms with Crippen molar-refractivity contribution in [2.75, 3.05) is 37.7 Å². The molecule has 0 amide bonds. The number of rotatable bonds is 4. The highest BCUT2D eigenvalue weighted by atomic mass is 32.1. The van der Waals surface area contributed by atoms with Crippen molar-refractivity contribution in [1.29, 1.82) is 0 Å². The molecule has 0 saturated carbocycles. The number of fused-ring (bicyclic) bond motifs is 1. The third kappa shape index (κ3) is 10.9. The number of anilines is 1. The summed E-state index contributed by atoms with van der Waals surface area (Å²) in [6, 6.07) is 0. The Morgan fingerprint density at radius 1 is 1.03 bits per heavy atom. The second-order valence-corrected chi connectivity index (χ2v) is 9.39. The molecule has 4 heterocycles. The van der Waals surface area contributed by atoms with E-state index in [2.05, 4.69) is 31.7 Å². The number of thiazole rings is 1. The molecule has 2 aliphatic heterocycles. The van der Waals surface area contributed by atoms with E-state index < -0.39 is 24.3 Å². The van der Waals surface area contributed by atoms with E-state index in [1.165, 1.54) is 10.6 Å². The Bertz CT molecular complexity index is 1020. The lowest BCUT2D eigenvalue weighted by atomic mass is 9.93. The van der Waals surface area contributed by atoms with Gasteiger partial charge in [-0.2, -0.15) is 26.3 Å². The van der Waals surface area contributed by atoms with Crippen molar-refractivity contribution in [3.63, 3.8) is 0 Å². The molecule has 0 unspecified atom stereocenters. The summed E-state index contributed by atoms with van der Waals surface area (Å²) in [7, 11) is 0. The van der Waals surface area contributed by atoms with Gasteiger partial charge in [0, 0.05) is 49.5 Å². The highest BCUT2D eigenvalue weighted by Crippen LogP contribution is 2.26. The minimum Gasteiger partial charge on any atom is -0.475 e. The quantitative estimate of drug-likeness (QED) is 0.513. The first-order chi connectivity index (χ1) is 18.2. The largest absolute Gasteiger partial charge is 0.490 e. The molecule has 17 heteroatoms.